The molecular weight excluding hydrogens is 238 g/mol. The average molecular weight is 250 g/mol. The Morgan fingerprint density at radius 1 is 1.72 bits per heavy atom. The Morgan fingerprint density at radius 3 is 3.11 bits per heavy atom. The number of ether oxygens (including phenoxy) is 1. The van der Waals surface area contributed by atoms with Gasteiger partial charge in [-0.15, -0.1) is 0 Å². The van der Waals surface area contributed by atoms with E-state index in [2.05, 4.69) is 0 Å². The molecule has 3 N–H and O–H groups in total. The first-order valence-corrected chi connectivity index (χ1v) is 5.38. The van der Waals surface area contributed by atoms with E-state index in [1.54, 1.807) is 0 Å². The highest BCUT2D eigenvalue weighted by atomic mass is 19.1. The minimum Gasteiger partial charge on any atom is -0.488 e. The van der Waals surface area contributed by atoms with Gasteiger partial charge in [-0.25, -0.2) is 4.39 Å². The van der Waals surface area contributed by atoms with Gasteiger partial charge in [-0.3, -0.25) is 0 Å². The van der Waals surface area contributed by atoms with Gasteiger partial charge in [0.05, 0.1) is 12.7 Å². The van der Waals surface area contributed by atoms with Crippen molar-refractivity contribution in [3.05, 3.63) is 23.5 Å². The van der Waals surface area contributed by atoms with Crippen molar-refractivity contribution in [2.75, 3.05) is 6.61 Å². The summed E-state index contributed by atoms with van der Waals surface area (Å²) in [6.45, 7) is 1.51. The lowest BCUT2D eigenvalue weighted by Crippen LogP contribution is -2.41. The number of nitrogens with zero attached hydrogens (tertiary/aromatic N) is 1. The van der Waals surface area contributed by atoms with E-state index >= 15 is 0 Å². The monoisotopic (exact) mass is 250 g/mol. The smallest absolute Gasteiger partial charge is 0.488 e. The van der Waals surface area contributed by atoms with E-state index < -0.39 is 18.5 Å². The summed E-state index contributed by atoms with van der Waals surface area (Å²) in [7, 11) is -1.07. The van der Waals surface area contributed by atoms with Crippen LogP contribution in [0.4, 0.5) is 4.39 Å². The van der Waals surface area contributed by atoms with Gasteiger partial charge in [0.25, 0.3) is 0 Å². The third-order valence-electron chi connectivity index (χ3n) is 2.64. The summed E-state index contributed by atoms with van der Waals surface area (Å²) in [5.41, 5.74) is 5.44. The second kappa shape index (κ2) is 4.57. The Bertz CT molecular complexity index is 516. The fourth-order valence-electron chi connectivity index (χ4n) is 1.59. The number of hydrogen-bond donors (Lipinski definition) is 2. The van der Waals surface area contributed by atoms with E-state index in [4.69, 9.17) is 20.4 Å². The highest BCUT2D eigenvalue weighted by molar-refractivity contribution is 6.61. The van der Waals surface area contributed by atoms with Gasteiger partial charge in [0.15, 0.2) is 11.6 Å². The SMILES string of the molecule is C[C@](N)(C#N)COc1cc2c(cc1F)COB2O. The molecule has 0 saturated carbocycles. The van der Waals surface area contributed by atoms with Crippen molar-refractivity contribution in [3.8, 4) is 11.8 Å². The van der Waals surface area contributed by atoms with Crippen LogP contribution in [0.5, 0.6) is 5.75 Å². The molecule has 0 spiro atoms. The molecular formula is C11H12BFN2O3. The summed E-state index contributed by atoms with van der Waals surface area (Å²) in [5.74, 6) is -0.620. The van der Waals surface area contributed by atoms with E-state index in [1.807, 2.05) is 6.07 Å². The van der Waals surface area contributed by atoms with Gasteiger partial charge in [-0.2, -0.15) is 5.26 Å². The third-order valence-corrected chi connectivity index (χ3v) is 2.64. The molecule has 18 heavy (non-hydrogen) atoms. The highest BCUT2D eigenvalue weighted by Gasteiger charge is 2.29. The van der Waals surface area contributed by atoms with Crippen LogP contribution in [0.2, 0.25) is 0 Å². The predicted molar refractivity (Wildman–Crippen MR) is 62.5 cm³/mol. The van der Waals surface area contributed by atoms with Crippen molar-refractivity contribution in [2.45, 2.75) is 19.1 Å². The molecule has 94 valence electrons. The van der Waals surface area contributed by atoms with Gasteiger partial charge in [0.2, 0.25) is 0 Å². The molecule has 0 aliphatic carbocycles. The predicted octanol–water partition coefficient (Wildman–Crippen LogP) is -0.337. The van der Waals surface area contributed by atoms with Crippen molar-refractivity contribution in [1.29, 1.82) is 5.26 Å². The molecule has 1 aliphatic rings. The molecule has 0 amide bonds. The van der Waals surface area contributed by atoms with Crippen LogP contribution >= 0.6 is 0 Å². The molecule has 1 atom stereocenters. The first-order chi connectivity index (χ1) is 8.43. The van der Waals surface area contributed by atoms with Crippen LogP contribution in [0.3, 0.4) is 0 Å². The Labute approximate surface area is 104 Å². The molecule has 1 heterocycles. The average Bonchev–Trinajstić information content (AvgIpc) is 2.68. The Hall–Kier alpha value is -1.62. The van der Waals surface area contributed by atoms with Gasteiger partial charge >= 0.3 is 7.12 Å². The summed E-state index contributed by atoms with van der Waals surface area (Å²) < 4.78 is 23.8. The van der Waals surface area contributed by atoms with Crippen LogP contribution in [0.1, 0.15) is 12.5 Å². The zero-order valence-electron chi connectivity index (χ0n) is 9.81. The first kappa shape index (κ1) is 12.8. The molecule has 0 aromatic heterocycles. The quantitative estimate of drug-likeness (QED) is 0.716. The summed E-state index contributed by atoms with van der Waals surface area (Å²) in [6.07, 6.45) is 0. The van der Waals surface area contributed by atoms with Crippen LogP contribution in [0, 0.1) is 17.1 Å². The maximum absolute atomic E-state index is 13.7. The number of nitrogens with two attached hydrogens (primary N) is 1. The first-order valence-electron chi connectivity index (χ1n) is 5.38. The third kappa shape index (κ3) is 2.46. The summed E-state index contributed by atoms with van der Waals surface area (Å²) in [6, 6.07) is 4.47. The standard InChI is InChI=1S/C11H12BFN2O3/c1-11(15,5-14)6-17-10-3-8-7(2-9(10)13)4-18-12(8)16/h2-3,16H,4,6,15H2,1H3/t11-/m0/s1. The zero-order chi connectivity index (χ0) is 13.3. The fraction of sp³-hybridized carbons (Fsp3) is 0.364. The maximum atomic E-state index is 13.7. The molecule has 0 saturated heterocycles. The molecule has 0 bridgehead atoms. The summed E-state index contributed by atoms with van der Waals surface area (Å²) >= 11 is 0. The number of halogens is 1. The molecule has 1 aliphatic heterocycles. The minimum atomic E-state index is -1.19. The Morgan fingerprint density at radius 2 is 2.44 bits per heavy atom. The molecule has 7 heteroatoms. The minimum absolute atomic E-state index is 0.0507. The number of rotatable bonds is 3. The van der Waals surface area contributed by atoms with Crippen molar-refractivity contribution >= 4 is 12.6 Å². The molecule has 0 fully saturated rings. The second-order valence-corrected chi connectivity index (χ2v) is 4.46. The van der Waals surface area contributed by atoms with Crippen LogP contribution in [-0.2, 0) is 11.3 Å². The van der Waals surface area contributed by atoms with Crippen molar-refractivity contribution in [1.82, 2.24) is 0 Å². The van der Waals surface area contributed by atoms with E-state index in [0.29, 0.717) is 11.0 Å². The lowest BCUT2D eigenvalue weighted by atomic mass is 9.79. The fourth-order valence-corrected chi connectivity index (χ4v) is 1.59. The molecule has 2 rings (SSSR count). The van der Waals surface area contributed by atoms with Crippen LogP contribution in [-0.4, -0.2) is 24.3 Å². The van der Waals surface area contributed by atoms with E-state index in [-0.39, 0.29) is 19.0 Å². The Balaban J connectivity index is 2.20. The van der Waals surface area contributed by atoms with Crippen molar-refractivity contribution in [2.24, 2.45) is 5.73 Å². The molecule has 0 unspecified atom stereocenters. The topological polar surface area (TPSA) is 88.5 Å². The zero-order valence-corrected chi connectivity index (χ0v) is 9.81. The van der Waals surface area contributed by atoms with Crippen LogP contribution < -0.4 is 15.9 Å². The van der Waals surface area contributed by atoms with E-state index in [9.17, 15) is 9.41 Å². The van der Waals surface area contributed by atoms with Gasteiger partial charge in [0, 0.05) is 0 Å². The highest BCUT2D eigenvalue weighted by Crippen LogP contribution is 2.21. The van der Waals surface area contributed by atoms with Gasteiger partial charge < -0.3 is 20.1 Å². The van der Waals surface area contributed by atoms with Gasteiger partial charge in [0.1, 0.15) is 12.1 Å². The van der Waals surface area contributed by atoms with Crippen molar-refractivity contribution in [3.63, 3.8) is 0 Å². The normalized spacial score (nSPS) is 16.9. The molecule has 1 aromatic rings. The second-order valence-electron chi connectivity index (χ2n) is 4.46. The summed E-state index contributed by atoms with van der Waals surface area (Å²) in [4.78, 5) is 0. The Kier molecular flexibility index (Phi) is 3.26. The number of fused-ring (bicyclic) bond motifs is 1. The molecule has 1 aromatic carbocycles. The van der Waals surface area contributed by atoms with Crippen LogP contribution in [0.25, 0.3) is 0 Å². The van der Waals surface area contributed by atoms with Gasteiger partial charge in [-0.1, -0.05) is 0 Å². The number of hydrogen-bond acceptors (Lipinski definition) is 5. The number of nitriles is 1. The maximum Gasteiger partial charge on any atom is 0.491 e. The van der Waals surface area contributed by atoms with Crippen LogP contribution in [0.15, 0.2) is 12.1 Å². The van der Waals surface area contributed by atoms with Crippen molar-refractivity contribution < 1.29 is 18.8 Å². The molecule has 5 nitrogen and oxygen atoms in total. The van der Waals surface area contributed by atoms with E-state index in [0.717, 1.165) is 0 Å². The lowest BCUT2D eigenvalue weighted by Gasteiger charge is -2.17. The van der Waals surface area contributed by atoms with Gasteiger partial charge in [-0.05, 0) is 30.1 Å². The number of benzene rings is 1. The van der Waals surface area contributed by atoms with E-state index in [1.165, 1.54) is 19.1 Å². The summed E-state index contributed by atoms with van der Waals surface area (Å²) in [5, 5.41) is 18.2. The molecule has 0 radical (unpaired) electrons. The lowest BCUT2D eigenvalue weighted by molar-refractivity contribution is 0.254. The largest absolute Gasteiger partial charge is 0.491 e.